The molecule has 2 aromatic heterocycles. The van der Waals surface area contributed by atoms with Crippen LogP contribution in [-0.2, 0) is 12.0 Å². The second-order valence-electron chi connectivity index (χ2n) is 7.38. The number of anilines is 1. The van der Waals surface area contributed by atoms with Crippen molar-refractivity contribution in [1.29, 1.82) is 0 Å². The van der Waals surface area contributed by atoms with Gasteiger partial charge in [-0.2, -0.15) is 5.10 Å². The van der Waals surface area contributed by atoms with Crippen LogP contribution in [-0.4, -0.2) is 31.4 Å². The van der Waals surface area contributed by atoms with E-state index in [-0.39, 0.29) is 11.1 Å². The van der Waals surface area contributed by atoms with Crippen LogP contribution < -0.4 is 9.64 Å². The Morgan fingerprint density at radius 1 is 1.36 bits per heavy atom. The molecule has 0 bridgehead atoms. The summed E-state index contributed by atoms with van der Waals surface area (Å²) in [5.41, 5.74) is 1.48. The van der Waals surface area contributed by atoms with Gasteiger partial charge < -0.3 is 9.64 Å². The maximum atomic E-state index is 11.2. The average molecular weight is 465 g/mol. The second-order valence-corrected chi connectivity index (χ2v) is 9.19. The molecule has 11 heteroatoms. The van der Waals surface area contributed by atoms with Crippen LogP contribution in [0.2, 0.25) is 0 Å². The summed E-state index contributed by atoms with van der Waals surface area (Å²) in [7, 11) is 0. The monoisotopic (exact) mass is 464 g/mol. The molecule has 28 heavy (non-hydrogen) atoms. The molecule has 0 saturated carbocycles. The van der Waals surface area contributed by atoms with Gasteiger partial charge in [0.2, 0.25) is 0 Å². The number of ether oxygens (including phenoxy) is 1. The van der Waals surface area contributed by atoms with Crippen molar-refractivity contribution in [2.75, 3.05) is 11.6 Å². The molecule has 0 aliphatic carbocycles. The predicted molar refractivity (Wildman–Crippen MR) is 108 cm³/mol. The van der Waals surface area contributed by atoms with Gasteiger partial charge in [0.15, 0.2) is 11.9 Å². The summed E-state index contributed by atoms with van der Waals surface area (Å²) >= 11 is 4.86. The standard InChI is InChI=1S/C17H17BrN6O3S/c1-17(2,3)14-15(23-8-19-7-20-23)28-16(21-14)22-6-10-4-11(24(25)26)5-12(18)13(10)27-9-22/h4-5,7-8H,6,9H2,1-3H3. The number of nitrogens with zero attached hydrogens (tertiary/aromatic N) is 6. The van der Waals surface area contributed by atoms with Crippen LogP contribution in [0.4, 0.5) is 10.8 Å². The van der Waals surface area contributed by atoms with E-state index in [1.54, 1.807) is 17.1 Å². The number of halogens is 1. The number of aromatic nitrogens is 4. The van der Waals surface area contributed by atoms with Crippen LogP contribution in [0, 0.1) is 10.1 Å². The third-order valence-electron chi connectivity index (χ3n) is 4.25. The van der Waals surface area contributed by atoms with Crippen molar-refractivity contribution in [3.63, 3.8) is 0 Å². The minimum absolute atomic E-state index is 0.0221. The fourth-order valence-corrected chi connectivity index (χ4v) is 4.72. The van der Waals surface area contributed by atoms with E-state index in [4.69, 9.17) is 9.72 Å². The minimum Gasteiger partial charge on any atom is -0.471 e. The molecule has 9 nitrogen and oxygen atoms in total. The Morgan fingerprint density at radius 3 is 2.79 bits per heavy atom. The van der Waals surface area contributed by atoms with E-state index < -0.39 is 4.92 Å². The summed E-state index contributed by atoms with van der Waals surface area (Å²) < 4.78 is 8.16. The smallest absolute Gasteiger partial charge is 0.271 e. The van der Waals surface area contributed by atoms with Gasteiger partial charge in [0.05, 0.1) is 21.6 Å². The van der Waals surface area contributed by atoms with Crippen molar-refractivity contribution >= 4 is 38.1 Å². The van der Waals surface area contributed by atoms with E-state index in [0.717, 1.165) is 21.4 Å². The van der Waals surface area contributed by atoms with E-state index in [9.17, 15) is 10.1 Å². The average Bonchev–Trinajstić information content (AvgIpc) is 3.30. The van der Waals surface area contributed by atoms with Crippen molar-refractivity contribution in [2.24, 2.45) is 0 Å². The van der Waals surface area contributed by atoms with Crippen LogP contribution in [0.5, 0.6) is 5.75 Å². The zero-order valence-electron chi connectivity index (χ0n) is 15.4. The molecular formula is C17H17BrN6O3S. The fraction of sp³-hybridized carbons (Fsp3) is 0.353. The van der Waals surface area contributed by atoms with Gasteiger partial charge in [-0.1, -0.05) is 32.1 Å². The molecule has 146 valence electrons. The molecule has 0 saturated heterocycles. The lowest BCUT2D eigenvalue weighted by atomic mass is 9.92. The molecule has 1 aliphatic heterocycles. The number of rotatable bonds is 3. The molecule has 3 heterocycles. The van der Waals surface area contributed by atoms with Crippen molar-refractivity contribution in [2.45, 2.75) is 32.7 Å². The first-order valence-electron chi connectivity index (χ1n) is 8.45. The Balaban J connectivity index is 1.73. The number of hydrogen-bond acceptors (Lipinski definition) is 8. The quantitative estimate of drug-likeness (QED) is 0.425. The number of nitro benzene ring substituents is 1. The summed E-state index contributed by atoms with van der Waals surface area (Å²) in [5.74, 6) is 0.631. The molecular weight excluding hydrogens is 448 g/mol. The molecule has 0 N–H and O–H groups in total. The van der Waals surface area contributed by atoms with Gasteiger partial charge in [-0.05, 0) is 15.9 Å². The molecule has 1 aromatic carbocycles. The number of hydrogen-bond donors (Lipinski definition) is 0. The maximum Gasteiger partial charge on any atom is 0.271 e. The molecule has 0 fully saturated rings. The highest BCUT2D eigenvalue weighted by Gasteiger charge is 2.29. The Morgan fingerprint density at radius 2 is 2.14 bits per heavy atom. The molecule has 0 atom stereocenters. The van der Waals surface area contributed by atoms with Gasteiger partial charge in [-0.25, -0.2) is 14.6 Å². The SMILES string of the molecule is CC(C)(C)c1nc(N2COc3c(Br)cc([N+](=O)[O-])cc3C2)sc1-n1cncn1. The van der Waals surface area contributed by atoms with Gasteiger partial charge in [0.1, 0.15) is 23.4 Å². The maximum absolute atomic E-state index is 11.2. The van der Waals surface area contributed by atoms with Crippen molar-refractivity contribution in [3.8, 4) is 10.8 Å². The van der Waals surface area contributed by atoms with Crippen LogP contribution in [0.3, 0.4) is 0 Å². The second kappa shape index (κ2) is 6.82. The molecule has 0 radical (unpaired) electrons. The summed E-state index contributed by atoms with van der Waals surface area (Å²) in [6, 6.07) is 3.00. The zero-order valence-corrected chi connectivity index (χ0v) is 17.8. The van der Waals surface area contributed by atoms with E-state index in [1.165, 1.54) is 23.7 Å². The highest BCUT2D eigenvalue weighted by atomic mass is 79.9. The highest BCUT2D eigenvalue weighted by Crippen LogP contribution is 2.41. The van der Waals surface area contributed by atoms with Crippen molar-refractivity contribution in [3.05, 3.63) is 50.6 Å². The predicted octanol–water partition coefficient (Wildman–Crippen LogP) is 4.05. The Kier molecular flexibility index (Phi) is 4.58. The number of non-ortho nitro benzene ring substituents is 1. The molecule has 1 aliphatic rings. The number of thiazole rings is 1. The van der Waals surface area contributed by atoms with Gasteiger partial charge in [0.25, 0.3) is 5.69 Å². The summed E-state index contributed by atoms with van der Waals surface area (Å²) in [5, 5.41) is 17.1. The lowest BCUT2D eigenvalue weighted by Gasteiger charge is -2.29. The zero-order chi connectivity index (χ0) is 20.1. The molecule has 3 aromatic rings. The topological polar surface area (TPSA) is 99.2 Å². The van der Waals surface area contributed by atoms with Crippen LogP contribution in [0.1, 0.15) is 32.0 Å². The van der Waals surface area contributed by atoms with Crippen LogP contribution in [0.25, 0.3) is 5.00 Å². The molecule has 0 spiro atoms. The number of benzene rings is 1. The number of nitro groups is 1. The van der Waals surface area contributed by atoms with E-state index in [0.29, 0.717) is 23.5 Å². The minimum atomic E-state index is -0.409. The molecule has 0 unspecified atom stereocenters. The summed E-state index contributed by atoms with van der Waals surface area (Å²) in [4.78, 5) is 21.6. The van der Waals surface area contributed by atoms with E-state index in [2.05, 4.69) is 46.8 Å². The van der Waals surface area contributed by atoms with Gasteiger partial charge in [0, 0.05) is 23.1 Å². The first-order chi connectivity index (χ1) is 13.2. The normalized spacial score (nSPS) is 13.9. The molecule has 4 rings (SSSR count). The largest absolute Gasteiger partial charge is 0.471 e. The third kappa shape index (κ3) is 3.35. The van der Waals surface area contributed by atoms with E-state index >= 15 is 0 Å². The Hall–Kier alpha value is -2.53. The van der Waals surface area contributed by atoms with Gasteiger partial charge in [-0.3, -0.25) is 10.1 Å². The Labute approximate surface area is 173 Å². The summed E-state index contributed by atoms with van der Waals surface area (Å²) in [6.45, 7) is 7.04. The first kappa shape index (κ1) is 18.8. The van der Waals surface area contributed by atoms with Gasteiger partial charge >= 0.3 is 0 Å². The first-order valence-corrected chi connectivity index (χ1v) is 10.1. The Bertz CT molecular complexity index is 1040. The summed E-state index contributed by atoms with van der Waals surface area (Å²) in [6.07, 6.45) is 3.14. The van der Waals surface area contributed by atoms with Crippen LogP contribution >= 0.6 is 27.3 Å². The number of fused-ring (bicyclic) bond motifs is 1. The van der Waals surface area contributed by atoms with Crippen LogP contribution in [0.15, 0.2) is 29.3 Å². The fourth-order valence-electron chi connectivity index (χ4n) is 2.93. The lowest BCUT2D eigenvalue weighted by Crippen LogP contribution is -2.32. The third-order valence-corrected chi connectivity index (χ3v) is 5.94. The van der Waals surface area contributed by atoms with Crippen molar-refractivity contribution < 1.29 is 9.66 Å². The lowest BCUT2D eigenvalue weighted by molar-refractivity contribution is -0.385. The van der Waals surface area contributed by atoms with Gasteiger partial charge in [-0.15, -0.1) is 0 Å². The highest BCUT2D eigenvalue weighted by molar-refractivity contribution is 9.10. The van der Waals surface area contributed by atoms with Crippen molar-refractivity contribution in [1.82, 2.24) is 19.7 Å². The molecule has 0 amide bonds. The van der Waals surface area contributed by atoms with E-state index in [1.807, 2.05) is 4.90 Å².